The van der Waals surface area contributed by atoms with E-state index in [0.29, 0.717) is 19.4 Å². The fourth-order valence-corrected chi connectivity index (χ4v) is 9.64. The van der Waals surface area contributed by atoms with Crippen LogP contribution in [0.5, 0.6) is 0 Å². The number of carbonyl (C=O) groups is 2. The molecule has 2 unspecified atom stereocenters. The molecule has 0 aromatic rings. The van der Waals surface area contributed by atoms with Crippen molar-refractivity contribution in [2.45, 2.75) is 353 Å². The Morgan fingerprint density at radius 2 is 0.687 bits per heavy atom. The highest BCUT2D eigenvalue weighted by Crippen LogP contribution is 2.18. The number of aliphatic hydroxyl groups excluding tert-OH is 2. The Hall–Kier alpha value is -1.40. The van der Waals surface area contributed by atoms with Crippen molar-refractivity contribution in [2.75, 3.05) is 13.2 Å². The second-order valence-electron chi connectivity index (χ2n) is 21.0. The number of ether oxygens (including phenoxy) is 1. The molecule has 3 N–H and O–H groups in total. The minimum atomic E-state index is -0.847. The summed E-state index contributed by atoms with van der Waals surface area (Å²) in [5.41, 5.74) is 0. The summed E-state index contributed by atoms with van der Waals surface area (Å²) in [6, 6.07) is -0.631. The van der Waals surface area contributed by atoms with Crippen LogP contribution in [0.15, 0.2) is 12.2 Å². The summed E-state index contributed by atoms with van der Waals surface area (Å²) in [5, 5.41) is 23.2. The van der Waals surface area contributed by atoms with E-state index in [0.717, 1.165) is 38.5 Å². The summed E-state index contributed by atoms with van der Waals surface area (Å²) in [7, 11) is 0. The molecule has 0 aromatic heterocycles. The molecule has 67 heavy (non-hydrogen) atoms. The molecule has 0 saturated carbocycles. The van der Waals surface area contributed by atoms with Gasteiger partial charge in [0.2, 0.25) is 5.91 Å². The van der Waals surface area contributed by atoms with Crippen LogP contribution in [0.4, 0.5) is 0 Å². The predicted octanol–water partition coefficient (Wildman–Crippen LogP) is 18.9. The van der Waals surface area contributed by atoms with E-state index in [2.05, 4.69) is 19.2 Å². The number of nitrogens with one attached hydrogen (secondary N) is 1. The zero-order chi connectivity index (χ0) is 48.6. The van der Waals surface area contributed by atoms with E-state index >= 15 is 0 Å². The van der Waals surface area contributed by atoms with E-state index in [9.17, 15) is 19.8 Å². The zero-order valence-corrected chi connectivity index (χ0v) is 45.4. The molecule has 398 valence electrons. The van der Waals surface area contributed by atoms with Crippen LogP contribution in [0.1, 0.15) is 341 Å². The van der Waals surface area contributed by atoms with Gasteiger partial charge < -0.3 is 20.3 Å². The average Bonchev–Trinajstić information content (AvgIpc) is 3.33. The third-order valence-corrected chi connectivity index (χ3v) is 14.3. The Balaban J connectivity index is 3.44. The molecule has 0 aliphatic carbocycles. The Labute approximate surface area is 419 Å². The monoisotopic (exact) mass is 946 g/mol. The summed E-state index contributed by atoms with van der Waals surface area (Å²) in [4.78, 5) is 24.5. The molecule has 0 fully saturated rings. The van der Waals surface area contributed by atoms with Crippen molar-refractivity contribution in [3.8, 4) is 0 Å². The lowest BCUT2D eigenvalue weighted by Crippen LogP contribution is -2.45. The first-order valence-electron chi connectivity index (χ1n) is 30.5. The highest BCUT2D eigenvalue weighted by atomic mass is 16.5. The second-order valence-corrected chi connectivity index (χ2v) is 21.0. The lowest BCUT2D eigenvalue weighted by molar-refractivity contribution is -0.143. The minimum Gasteiger partial charge on any atom is -0.466 e. The van der Waals surface area contributed by atoms with Crippen LogP contribution in [0.3, 0.4) is 0 Å². The van der Waals surface area contributed by atoms with Gasteiger partial charge in [-0.3, -0.25) is 9.59 Å². The van der Waals surface area contributed by atoms with Gasteiger partial charge >= 0.3 is 5.97 Å². The number of carbonyl (C=O) groups excluding carboxylic acids is 2. The quantitative estimate of drug-likeness (QED) is 0.0321. The number of rotatable bonds is 57. The molecule has 0 bridgehead atoms. The van der Waals surface area contributed by atoms with Crippen LogP contribution in [-0.2, 0) is 14.3 Å². The van der Waals surface area contributed by atoms with E-state index in [1.807, 2.05) is 6.08 Å². The lowest BCUT2D eigenvalue weighted by Gasteiger charge is -2.20. The molecule has 6 heteroatoms. The van der Waals surface area contributed by atoms with Crippen molar-refractivity contribution in [1.29, 1.82) is 0 Å². The van der Waals surface area contributed by atoms with Gasteiger partial charge in [0.05, 0.1) is 25.4 Å². The number of allylic oxidation sites excluding steroid dienone is 1. The van der Waals surface area contributed by atoms with Crippen LogP contribution >= 0.6 is 0 Å². The van der Waals surface area contributed by atoms with E-state index in [1.165, 1.54) is 276 Å². The highest BCUT2D eigenvalue weighted by molar-refractivity contribution is 5.76. The molecule has 0 aliphatic rings. The largest absolute Gasteiger partial charge is 0.466 e. The van der Waals surface area contributed by atoms with Gasteiger partial charge in [-0.1, -0.05) is 309 Å². The first-order valence-corrected chi connectivity index (χ1v) is 30.5. The zero-order valence-electron chi connectivity index (χ0n) is 45.4. The number of unbranched alkanes of at least 4 members (excludes halogenated alkanes) is 46. The molecular weight excluding hydrogens is 827 g/mol. The molecule has 2 atom stereocenters. The lowest BCUT2D eigenvalue weighted by atomic mass is 10.0. The number of amides is 1. The first-order chi connectivity index (χ1) is 33.0. The molecule has 0 aromatic carbocycles. The summed E-state index contributed by atoms with van der Waals surface area (Å²) in [6.07, 6.45) is 68.1. The summed E-state index contributed by atoms with van der Waals surface area (Å²) >= 11 is 0. The van der Waals surface area contributed by atoms with Crippen molar-refractivity contribution >= 4 is 11.9 Å². The molecule has 0 heterocycles. The van der Waals surface area contributed by atoms with Gasteiger partial charge in [-0.25, -0.2) is 0 Å². The molecule has 6 nitrogen and oxygen atoms in total. The summed E-state index contributed by atoms with van der Waals surface area (Å²) in [5.74, 6) is -0.0614. The van der Waals surface area contributed by atoms with Crippen LogP contribution < -0.4 is 5.32 Å². The average molecular weight is 947 g/mol. The van der Waals surface area contributed by atoms with E-state index < -0.39 is 12.1 Å². The van der Waals surface area contributed by atoms with Crippen LogP contribution in [0, 0.1) is 0 Å². The van der Waals surface area contributed by atoms with Crippen molar-refractivity contribution in [3.05, 3.63) is 12.2 Å². The first kappa shape index (κ1) is 65.6. The fourth-order valence-electron chi connectivity index (χ4n) is 9.64. The SMILES string of the molecule is CCCCCCCCCCCCCCCCCCCCC/C=C/C(O)C(CO)NC(=O)CCCCCCCCCCCCCCCCCCCCOC(=O)CCCCCCCCCCCCC. The maximum atomic E-state index is 12.5. The van der Waals surface area contributed by atoms with Crippen molar-refractivity contribution in [3.63, 3.8) is 0 Å². The third kappa shape index (κ3) is 53.8. The van der Waals surface area contributed by atoms with Gasteiger partial charge in [-0.2, -0.15) is 0 Å². The fraction of sp³-hybridized carbons (Fsp3) is 0.934. The number of hydrogen-bond acceptors (Lipinski definition) is 5. The van der Waals surface area contributed by atoms with Gasteiger partial charge in [0.15, 0.2) is 0 Å². The molecule has 0 spiro atoms. The molecule has 0 radical (unpaired) electrons. The van der Waals surface area contributed by atoms with E-state index in [4.69, 9.17) is 4.74 Å². The molecule has 1 amide bonds. The molecule has 0 saturated heterocycles. The Bertz CT molecular complexity index is 1000. The maximum Gasteiger partial charge on any atom is 0.305 e. The standard InChI is InChI=1S/C61H119NO5/c1-3-5-7-9-11-13-15-16-17-18-19-20-21-24-27-30-34-37-41-45-49-53-59(64)58(57-63)62-60(65)54-50-46-42-38-35-31-28-25-22-23-26-29-32-36-40-44-48-52-56-67-61(66)55-51-47-43-39-33-14-12-10-8-6-4-2/h49,53,58-59,63-64H,3-48,50-52,54-57H2,1-2H3,(H,62,65)/b53-49+. The van der Waals surface area contributed by atoms with Crippen molar-refractivity contribution in [2.24, 2.45) is 0 Å². The summed E-state index contributed by atoms with van der Waals surface area (Å²) in [6.45, 7) is 4.92. The number of hydrogen-bond donors (Lipinski definition) is 3. The second kappa shape index (κ2) is 57.2. The smallest absolute Gasteiger partial charge is 0.305 e. The van der Waals surface area contributed by atoms with Gasteiger partial charge in [0.25, 0.3) is 0 Å². The van der Waals surface area contributed by atoms with Crippen molar-refractivity contribution < 1.29 is 24.5 Å². The van der Waals surface area contributed by atoms with E-state index in [-0.39, 0.29) is 18.5 Å². The van der Waals surface area contributed by atoms with Gasteiger partial charge in [0.1, 0.15) is 0 Å². The highest BCUT2D eigenvalue weighted by Gasteiger charge is 2.18. The predicted molar refractivity (Wildman–Crippen MR) is 292 cm³/mol. The van der Waals surface area contributed by atoms with E-state index in [1.54, 1.807) is 6.08 Å². The van der Waals surface area contributed by atoms with Crippen LogP contribution in [0.25, 0.3) is 0 Å². The molecule has 0 aliphatic heterocycles. The Morgan fingerprint density at radius 3 is 1.01 bits per heavy atom. The minimum absolute atomic E-state index is 0.00693. The molecule has 0 rings (SSSR count). The van der Waals surface area contributed by atoms with Gasteiger partial charge in [-0.15, -0.1) is 0 Å². The van der Waals surface area contributed by atoms with Crippen LogP contribution in [-0.4, -0.2) is 47.4 Å². The van der Waals surface area contributed by atoms with Gasteiger partial charge in [-0.05, 0) is 32.1 Å². The third-order valence-electron chi connectivity index (χ3n) is 14.3. The topological polar surface area (TPSA) is 95.9 Å². The molecular formula is C61H119NO5. The normalized spacial score (nSPS) is 12.6. The Kier molecular flexibility index (Phi) is 56.0. The number of aliphatic hydroxyl groups is 2. The van der Waals surface area contributed by atoms with Crippen molar-refractivity contribution in [1.82, 2.24) is 5.32 Å². The van der Waals surface area contributed by atoms with Gasteiger partial charge in [0, 0.05) is 12.8 Å². The van der Waals surface area contributed by atoms with Crippen LogP contribution in [0.2, 0.25) is 0 Å². The maximum absolute atomic E-state index is 12.5. The summed E-state index contributed by atoms with van der Waals surface area (Å²) < 4.78 is 5.46. The Morgan fingerprint density at radius 1 is 0.403 bits per heavy atom. The number of esters is 1.